The Labute approximate surface area is 182 Å². The average molecular weight is 427 g/mol. The lowest BCUT2D eigenvalue weighted by molar-refractivity contribution is -0.138. The van der Waals surface area contributed by atoms with E-state index in [1.807, 2.05) is 39.8 Å². The van der Waals surface area contributed by atoms with E-state index in [0.717, 1.165) is 75.0 Å². The highest BCUT2D eigenvalue weighted by Crippen LogP contribution is 2.27. The molecule has 0 unspecified atom stereocenters. The maximum Gasteiger partial charge on any atom is 0.326 e. The molecule has 0 saturated carbocycles. The number of rotatable bonds is 5. The molecule has 30 heavy (non-hydrogen) atoms. The fourth-order valence-electron chi connectivity index (χ4n) is 4.82. The van der Waals surface area contributed by atoms with Crippen LogP contribution >= 0.6 is 12.6 Å². The van der Waals surface area contributed by atoms with Crippen molar-refractivity contribution in [2.24, 2.45) is 5.92 Å². The van der Waals surface area contributed by atoms with Gasteiger partial charge >= 0.3 is 5.69 Å². The Morgan fingerprint density at radius 3 is 2.53 bits per heavy atom. The normalized spacial score (nSPS) is 19.7. The first-order chi connectivity index (χ1) is 14.6. The Hall–Kier alpha value is -2.25. The topological polar surface area (TPSA) is 61.3 Å². The summed E-state index contributed by atoms with van der Waals surface area (Å²) in [6.45, 7) is 8.17. The molecule has 2 aromatic rings. The van der Waals surface area contributed by atoms with Crippen molar-refractivity contribution >= 4 is 29.6 Å². The highest BCUT2D eigenvalue weighted by molar-refractivity contribution is 7.83. The lowest BCUT2D eigenvalue weighted by Gasteiger charge is -2.37. The van der Waals surface area contributed by atoms with Crippen LogP contribution in [-0.2, 0) is 4.79 Å². The van der Waals surface area contributed by atoms with Gasteiger partial charge in [0.25, 0.3) is 0 Å². The molecule has 6 nitrogen and oxygen atoms in total. The molecule has 0 spiro atoms. The molecule has 2 aliphatic heterocycles. The molecule has 0 aliphatic carbocycles. The zero-order valence-corrected chi connectivity index (χ0v) is 18.2. The third-order valence-corrected chi connectivity index (χ3v) is 6.59. The molecule has 2 saturated heterocycles. The van der Waals surface area contributed by atoms with E-state index >= 15 is 0 Å². The van der Waals surface area contributed by atoms with Crippen molar-refractivity contribution in [3.8, 4) is 0 Å². The summed E-state index contributed by atoms with van der Waals surface area (Å²) in [6.07, 6.45) is 5.37. The molecule has 4 rings (SSSR count). The molecule has 1 aromatic carbocycles. The SMILES string of the molecule is C=C(/C=C\S)CN1CCC(C(=O)N2CCC(n3c(=O)[nH]c4ccccc43)CC2)CC1. The summed E-state index contributed by atoms with van der Waals surface area (Å²) in [7, 11) is 0. The molecule has 3 heterocycles. The average Bonchev–Trinajstić information content (AvgIpc) is 3.10. The minimum atomic E-state index is -0.0531. The number of hydrogen-bond acceptors (Lipinski definition) is 4. The summed E-state index contributed by atoms with van der Waals surface area (Å²) in [5, 5.41) is 1.71. The lowest BCUT2D eigenvalue weighted by Crippen LogP contribution is -2.46. The number of nitrogens with zero attached hydrogens (tertiary/aromatic N) is 3. The summed E-state index contributed by atoms with van der Waals surface area (Å²) < 4.78 is 1.88. The molecule has 0 radical (unpaired) electrons. The van der Waals surface area contributed by atoms with E-state index in [4.69, 9.17) is 0 Å². The minimum absolute atomic E-state index is 0.0531. The Morgan fingerprint density at radius 1 is 1.13 bits per heavy atom. The second kappa shape index (κ2) is 9.27. The van der Waals surface area contributed by atoms with Gasteiger partial charge in [0.1, 0.15) is 0 Å². The number of fused-ring (bicyclic) bond motifs is 1. The van der Waals surface area contributed by atoms with Gasteiger partial charge in [-0.25, -0.2) is 4.79 Å². The summed E-state index contributed by atoms with van der Waals surface area (Å²) in [6, 6.07) is 7.95. The number of hydrogen-bond donors (Lipinski definition) is 2. The number of carbonyl (C=O) groups excluding carboxylic acids is 1. The second-order valence-corrected chi connectivity index (χ2v) is 8.70. The molecule has 2 aliphatic rings. The zero-order valence-electron chi connectivity index (χ0n) is 17.3. The second-order valence-electron chi connectivity index (χ2n) is 8.40. The van der Waals surface area contributed by atoms with Gasteiger partial charge < -0.3 is 9.88 Å². The lowest BCUT2D eigenvalue weighted by atomic mass is 9.93. The van der Waals surface area contributed by atoms with E-state index < -0.39 is 0 Å². The van der Waals surface area contributed by atoms with Crippen LogP contribution in [0.4, 0.5) is 0 Å². The molecule has 2 fully saturated rings. The monoisotopic (exact) mass is 426 g/mol. The number of imidazole rings is 1. The highest BCUT2D eigenvalue weighted by Gasteiger charge is 2.32. The van der Waals surface area contributed by atoms with Crippen LogP contribution in [-0.4, -0.2) is 58.0 Å². The van der Waals surface area contributed by atoms with Gasteiger partial charge in [0.05, 0.1) is 11.0 Å². The molecule has 0 bridgehead atoms. The quantitative estimate of drug-likeness (QED) is 0.570. The largest absolute Gasteiger partial charge is 0.342 e. The molecule has 1 N–H and O–H groups in total. The van der Waals surface area contributed by atoms with Crippen molar-refractivity contribution in [2.75, 3.05) is 32.7 Å². The standard InChI is InChI=1S/C23H30N4O2S/c1-17(10-15-30)16-25-11-6-18(7-12-25)22(28)26-13-8-19(9-14-26)27-21-5-3-2-4-20(21)24-23(27)29/h2-5,10,15,18-19,30H,1,6-9,11-14,16H2,(H,24,29)/b15-10-. The molecular formula is C23H30N4O2S. The van der Waals surface area contributed by atoms with Crippen LogP contribution in [0.3, 0.4) is 0 Å². The van der Waals surface area contributed by atoms with E-state index in [-0.39, 0.29) is 23.6 Å². The van der Waals surface area contributed by atoms with Crippen molar-refractivity contribution < 1.29 is 4.79 Å². The van der Waals surface area contributed by atoms with Gasteiger partial charge in [-0.05, 0) is 61.9 Å². The van der Waals surface area contributed by atoms with Gasteiger partial charge in [-0.15, -0.1) is 0 Å². The molecule has 1 amide bonds. The van der Waals surface area contributed by atoms with E-state index in [1.165, 1.54) is 0 Å². The number of likely N-dealkylation sites (tertiary alicyclic amines) is 2. The number of carbonyl (C=O) groups is 1. The number of para-hydroxylation sites is 2. The van der Waals surface area contributed by atoms with Crippen LogP contribution in [0.1, 0.15) is 31.7 Å². The smallest absolute Gasteiger partial charge is 0.326 e. The van der Waals surface area contributed by atoms with Gasteiger partial charge in [-0.2, -0.15) is 12.6 Å². The number of aromatic nitrogens is 2. The van der Waals surface area contributed by atoms with Crippen LogP contribution in [0.25, 0.3) is 11.0 Å². The summed E-state index contributed by atoms with van der Waals surface area (Å²) in [4.78, 5) is 32.8. The van der Waals surface area contributed by atoms with Crippen LogP contribution in [0.5, 0.6) is 0 Å². The van der Waals surface area contributed by atoms with E-state index in [0.29, 0.717) is 0 Å². The van der Waals surface area contributed by atoms with Crippen LogP contribution in [0, 0.1) is 5.92 Å². The summed E-state index contributed by atoms with van der Waals surface area (Å²) in [5.41, 5.74) is 2.82. The number of piperidine rings is 2. The Kier molecular flexibility index (Phi) is 6.49. The van der Waals surface area contributed by atoms with E-state index in [1.54, 1.807) is 5.41 Å². The number of H-pyrrole nitrogens is 1. The highest BCUT2D eigenvalue weighted by atomic mass is 32.1. The Bertz CT molecular complexity index is 992. The fraction of sp³-hybridized carbons (Fsp3) is 0.478. The maximum absolute atomic E-state index is 13.1. The Balaban J connectivity index is 1.31. The van der Waals surface area contributed by atoms with Crippen LogP contribution in [0.15, 0.2) is 52.7 Å². The first kappa shape index (κ1) is 21.0. The first-order valence-electron chi connectivity index (χ1n) is 10.8. The van der Waals surface area contributed by atoms with Gasteiger partial charge in [0.15, 0.2) is 0 Å². The third-order valence-electron chi connectivity index (χ3n) is 6.44. The molecule has 160 valence electrons. The molecule has 1 aromatic heterocycles. The predicted octanol–water partition coefficient (Wildman–Crippen LogP) is 3.20. The van der Waals surface area contributed by atoms with Gasteiger partial charge in [-0.1, -0.05) is 24.8 Å². The van der Waals surface area contributed by atoms with Gasteiger partial charge in [0, 0.05) is 31.6 Å². The molecular weight excluding hydrogens is 396 g/mol. The summed E-state index contributed by atoms with van der Waals surface area (Å²) >= 11 is 4.10. The minimum Gasteiger partial charge on any atom is -0.342 e. The number of thiol groups is 1. The third kappa shape index (κ3) is 4.42. The van der Waals surface area contributed by atoms with Crippen molar-refractivity contribution in [3.05, 3.63) is 58.4 Å². The zero-order chi connectivity index (χ0) is 21.1. The number of amides is 1. The van der Waals surface area contributed by atoms with E-state index in [2.05, 4.69) is 29.1 Å². The predicted molar refractivity (Wildman–Crippen MR) is 124 cm³/mol. The van der Waals surface area contributed by atoms with E-state index in [9.17, 15) is 9.59 Å². The van der Waals surface area contributed by atoms with Gasteiger partial charge in [0.2, 0.25) is 5.91 Å². The number of aromatic amines is 1. The van der Waals surface area contributed by atoms with Crippen molar-refractivity contribution in [2.45, 2.75) is 31.7 Å². The Morgan fingerprint density at radius 2 is 1.83 bits per heavy atom. The van der Waals surface area contributed by atoms with Gasteiger partial charge in [-0.3, -0.25) is 14.3 Å². The first-order valence-corrected chi connectivity index (χ1v) is 11.3. The van der Waals surface area contributed by atoms with Crippen LogP contribution < -0.4 is 5.69 Å². The number of benzene rings is 1. The fourth-order valence-corrected chi connectivity index (χ4v) is 5.03. The number of nitrogens with one attached hydrogen (secondary N) is 1. The summed E-state index contributed by atoms with van der Waals surface area (Å²) in [5.74, 6) is 0.399. The van der Waals surface area contributed by atoms with Crippen molar-refractivity contribution in [3.63, 3.8) is 0 Å². The maximum atomic E-state index is 13.1. The molecule has 7 heteroatoms. The van der Waals surface area contributed by atoms with Crippen LogP contribution in [0.2, 0.25) is 0 Å². The molecule has 0 atom stereocenters. The van der Waals surface area contributed by atoms with Crippen molar-refractivity contribution in [1.82, 2.24) is 19.4 Å². The van der Waals surface area contributed by atoms with Crippen molar-refractivity contribution in [1.29, 1.82) is 0 Å².